The van der Waals surface area contributed by atoms with Gasteiger partial charge in [-0.1, -0.05) is 30.3 Å². The lowest BCUT2D eigenvalue weighted by Crippen LogP contribution is -2.48. The van der Waals surface area contributed by atoms with Crippen molar-refractivity contribution in [3.8, 4) is 11.5 Å². The third-order valence-corrected chi connectivity index (χ3v) is 3.90. The molecule has 0 bridgehead atoms. The molecule has 0 saturated heterocycles. The summed E-state index contributed by atoms with van der Waals surface area (Å²) in [6, 6.07) is 14.3. The van der Waals surface area contributed by atoms with E-state index in [0.29, 0.717) is 17.1 Å². The zero-order valence-electron chi connectivity index (χ0n) is 12.4. The molecule has 5 nitrogen and oxygen atoms in total. The topological polar surface area (TPSA) is 68.2 Å². The lowest BCUT2D eigenvalue weighted by molar-refractivity contribution is -0.326. The number of benzene rings is 2. The fraction of sp³-hybridized carbons (Fsp3) is 0.294. The van der Waals surface area contributed by atoms with Gasteiger partial charge in [0.2, 0.25) is 0 Å². The molecule has 22 heavy (non-hydrogen) atoms. The van der Waals surface area contributed by atoms with Crippen molar-refractivity contribution in [2.45, 2.75) is 18.0 Å². The van der Waals surface area contributed by atoms with Crippen LogP contribution in [-0.4, -0.2) is 30.4 Å². The molecule has 0 spiro atoms. The van der Waals surface area contributed by atoms with Gasteiger partial charge in [0.1, 0.15) is 23.5 Å². The summed E-state index contributed by atoms with van der Waals surface area (Å²) in [5, 5.41) is 20.8. The molecule has 0 fully saturated rings. The molecule has 2 aromatic carbocycles. The molecule has 1 aliphatic rings. The van der Waals surface area contributed by atoms with Gasteiger partial charge < -0.3 is 24.4 Å². The third-order valence-electron chi connectivity index (χ3n) is 3.90. The Morgan fingerprint density at radius 2 is 1.82 bits per heavy atom. The summed E-state index contributed by atoms with van der Waals surface area (Å²) >= 11 is 0. The van der Waals surface area contributed by atoms with Crippen molar-refractivity contribution in [1.82, 2.24) is 0 Å². The second kappa shape index (κ2) is 5.61. The standard InChI is InChI=1S/C17H18O5/c1-20-12-7-5-6-11(10-12)15-16(21-2)13-8-3-4-9-14(13)22-17(15,18)19/h3-10,15-16,18-19H,1-2H3. The van der Waals surface area contributed by atoms with Crippen molar-refractivity contribution < 1.29 is 24.4 Å². The number of hydrogen-bond donors (Lipinski definition) is 2. The third kappa shape index (κ3) is 2.43. The van der Waals surface area contributed by atoms with Crippen molar-refractivity contribution in [1.29, 1.82) is 0 Å². The van der Waals surface area contributed by atoms with Crippen molar-refractivity contribution in [2.24, 2.45) is 0 Å². The molecule has 0 aliphatic carbocycles. The Hall–Kier alpha value is -2.08. The molecule has 5 heteroatoms. The quantitative estimate of drug-likeness (QED) is 0.851. The molecule has 116 valence electrons. The lowest BCUT2D eigenvalue weighted by Gasteiger charge is -2.41. The second-order valence-corrected chi connectivity index (χ2v) is 5.21. The summed E-state index contributed by atoms with van der Waals surface area (Å²) in [6.45, 7) is 0. The minimum Gasteiger partial charge on any atom is -0.497 e. The zero-order valence-corrected chi connectivity index (χ0v) is 12.4. The molecule has 0 amide bonds. The number of hydrogen-bond acceptors (Lipinski definition) is 5. The highest BCUT2D eigenvalue weighted by Crippen LogP contribution is 2.48. The Morgan fingerprint density at radius 3 is 2.55 bits per heavy atom. The van der Waals surface area contributed by atoms with Crippen LogP contribution in [0.3, 0.4) is 0 Å². The van der Waals surface area contributed by atoms with E-state index in [2.05, 4.69) is 0 Å². The van der Waals surface area contributed by atoms with Crippen LogP contribution in [0.4, 0.5) is 0 Å². The molecule has 2 aromatic rings. The van der Waals surface area contributed by atoms with Crippen LogP contribution in [0.5, 0.6) is 11.5 Å². The molecule has 3 rings (SSSR count). The van der Waals surface area contributed by atoms with Gasteiger partial charge >= 0.3 is 5.97 Å². The monoisotopic (exact) mass is 302 g/mol. The number of aliphatic hydroxyl groups is 2. The predicted molar refractivity (Wildman–Crippen MR) is 79.7 cm³/mol. The first-order valence-corrected chi connectivity index (χ1v) is 6.96. The van der Waals surface area contributed by atoms with E-state index in [0.717, 1.165) is 5.56 Å². The van der Waals surface area contributed by atoms with Gasteiger partial charge in [0.25, 0.3) is 0 Å². The molecule has 1 heterocycles. The van der Waals surface area contributed by atoms with Gasteiger partial charge in [-0.25, -0.2) is 0 Å². The van der Waals surface area contributed by atoms with Crippen LogP contribution in [0.25, 0.3) is 0 Å². The number of fused-ring (bicyclic) bond motifs is 1. The van der Waals surface area contributed by atoms with Crippen LogP contribution in [0, 0.1) is 0 Å². The maximum Gasteiger partial charge on any atom is 0.332 e. The van der Waals surface area contributed by atoms with Gasteiger partial charge in [0, 0.05) is 12.7 Å². The van der Waals surface area contributed by atoms with Crippen LogP contribution in [0.2, 0.25) is 0 Å². The van der Waals surface area contributed by atoms with Crippen LogP contribution >= 0.6 is 0 Å². The molecule has 2 atom stereocenters. The smallest absolute Gasteiger partial charge is 0.332 e. The zero-order chi connectivity index (χ0) is 15.7. The summed E-state index contributed by atoms with van der Waals surface area (Å²) < 4.78 is 16.1. The Labute approximate surface area is 128 Å². The average molecular weight is 302 g/mol. The largest absolute Gasteiger partial charge is 0.497 e. The minimum atomic E-state index is -2.37. The molecule has 0 saturated carbocycles. The molecule has 1 aliphatic heterocycles. The van der Waals surface area contributed by atoms with Gasteiger partial charge in [0.05, 0.1) is 7.11 Å². The summed E-state index contributed by atoms with van der Waals surface area (Å²) in [5.41, 5.74) is 1.43. The fourth-order valence-corrected chi connectivity index (χ4v) is 2.90. The number of methoxy groups -OCH3 is 2. The Kier molecular flexibility index (Phi) is 3.78. The van der Waals surface area contributed by atoms with Crippen molar-refractivity contribution >= 4 is 0 Å². The Bertz CT molecular complexity index is 668. The molecular formula is C17H18O5. The van der Waals surface area contributed by atoms with Crippen molar-refractivity contribution in [3.63, 3.8) is 0 Å². The van der Waals surface area contributed by atoms with Gasteiger partial charge in [0.15, 0.2) is 0 Å². The highest BCUT2D eigenvalue weighted by atomic mass is 16.8. The van der Waals surface area contributed by atoms with E-state index in [4.69, 9.17) is 14.2 Å². The second-order valence-electron chi connectivity index (χ2n) is 5.21. The maximum absolute atomic E-state index is 10.4. The summed E-state index contributed by atoms with van der Waals surface area (Å²) in [4.78, 5) is 0. The van der Waals surface area contributed by atoms with E-state index in [-0.39, 0.29) is 0 Å². The molecule has 2 unspecified atom stereocenters. The van der Waals surface area contributed by atoms with Gasteiger partial charge in [-0.05, 0) is 23.8 Å². The fourth-order valence-electron chi connectivity index (χ4n) is 2.90. The molecule has 0 radical (unpaired) electrons. The van der Waals surface area contributed by atoms with E-state index in [1.807, 2.05) is 12.1 Å². The highest BCUT2D eigenvalue weighted by molar-refractivity contribution is 5.42. The van der Waals surface area contributed by atoms with Gasteiger partial charge in [-0.2, -0.15) is 0 Å². The SMILES string of the molecule is COc1cccc(C2C(OC)c3ccccc3OC2(O)O)c1. The predicted octanol–water partition coefficient (Wildman–Crippen LogP) is 2.20. The van der Waals surface area contributed by atoms with Crippen LogP contribution in [0.15, 0.2) is 48.5 Å². The molecular weight excluding hydrogens is 284 g/mol. The van der Waals surface area contributed by atoms with Crippen LogP contribution in [0.1, 0.15) is 23.1 Å². The first-order chi connectivity index (χ1) is 10.6. The number of ether oxygens (including phenoxy) is 3. The Morgan fingerprint density at radius 1 is 1.05 bits per heavy atom. The first kappa shape index (κ1) is 14.8. The highest BCUT2D eigenvalue weighted by Gasteiger charge is 2.49. The van der Waals surface area contributed by atoms with E-state index in [9.17, 15) is 10.2 Å². The van der Waals surface area contributed by atoms with E-state index < -0.39 is 18.0 Å². The summed E-state index contributed by atoms with van der Waals surface area (Å²) in [5.74, 6) is -2.15. The summed E-state index contributed by atoms with van der Waals surface area (Å²) in [6.07, 6.45) is -0.549. The number of para-hydroxylation sites is 1. The van der Waals surface area contributed by atoms with Crippen LogP contribution in [-0.2, 0) is 4.74 Å². The summed E-state index contributed by atoms with van der Waals surface area (Å²) in [7, 11) is 3.10. The van der Waals surface area contributed by atoms with Crippen LogP contribution < -0.4 is 9.47 Å². The minimum absolute atomic E-state index is 0.401. The normalized spacial score (nSPS) is 22.5. The average Bonchev–Trinajstić information content (AvgIpc) is 2.52. The Balaban J connectivity index is 2.12. The molecule has 2 N–H and O–H groups in total. The lowest BCUT2D eigenvalue weighted by atomic mass is 9.84. The van der Waals surface area contributed by atoms with Gasteiger partial charge in [-0.3, -0.25) is 0 Å². The van der Waals surface area contributed by atoms with Crippen molar-refractivity contribution in [3.05, 3.63) is 59.7 Å². The van der Waals surface area contributed by atoms with E-state index in [1.54, 1.807) is 43.5 Å². The van der Waals surface area contributed by atoms with E-state index in [1.165, 1.54) is 7.11 Å². The maximum atomic E-state index is 10.4. The number of rotatable bonds is 3. The molecule has 0 aromatic heterocycles. The van der Waals surface area contributed by atoms with Crippen molar-refractivity contribution in [2.75, 3.05) is 14.2 Å². The van der Waals surface area contributed by atoms with E-state index >= 15 is 0 Å². The van der Waals surface area contributed by atoms with Gasteiger partial charge in [-0.15, -0.1) is 0 Å². The first-order valence-electron chi connectivity index (χ1n) is 6.96.